The number of hydrogen-bond donors (Lipinski definition) is 4. The Balaban J connectivity index is 2.84. The van der Waals surface area contributed by atoms with Gasteiger partial charge in [0.25, 0.3) is 0 Å². The van der Waals surface area contributed by atoms with Crippen molar-refractivity contribution in [2.24, 2.45) is 11.1 Å². The van der Waals surface area contributed by atoms with Gasteiger partial charge in [-0.15, -0.1) is 0 Å². The average molecular weight is 445 g/mol. The van der Waals surface area contributed by atoms with E-state index in [1.807, 2.05) is 30.3 Å². The Morgan fingerprint density at radius 2 is 1.72 bits per heavy atom. The molecule has 1 aromatic rings. The van der Waals surface area contributed by atoms with Gasteiger partial charge >= 0.3 is 6.09 Å². The van der Waals surface area contributed by atoms with Crippen LogP contribution in [0.15, 0.2) is 42.1 Å². The zero-order valence-corrected chi connectivity index (χ0v) is 20.5. The first-order valence-electron chi connectivity index (χ1n) is 11.0. The molecule has 1 amide bonds. The number of nitrogens with one attached hydrogen (secondary N) is 3. The molecule has 0 bridgehead atoms. The molecule has 0 fully saturated rings. The molecule has 0 unspecified atom stereocenters. The van der Waals surface area contributed by atoms with Gasteiger partial charge < -0.3 is 26.5 Å². The van der Waals surface area contributed by atoms with Gasteiger partial charge in [0.1, 0.15) is 5.60 Å². The Morgan fingerprint density at radius 3 is 2.19 bits per heavy atom. The molecule has 178 valence electrons. The third-order valence-electron chi connectivity index (χ3n) is 4.89. The maximum Gasteiger partial charge on any atom is 0.408 e. The molecule has 0 aromatic heterocycles. The lowest BCUT2D eigenvalue weighted by Crippen LogP contribution is -2.48. The first kappa shape index (κ1) is 27.4. The monoisotopic (exact) mass is 444 g/mol. The number of amides is 1. The molecule has 32 heavy (non-hydrogen) atoms. The molecule has 0 heterocycles. The minimum atomic E-state index is -0.660. The van der Waals surface area contributed by atoms with Crippen molar-refractivity contribution in [1.82, 2.24) is 10.6 Å². The zero-order chi connectivity index (χ0) is 24.5. The van der Waals surface area contributed by atoms with E-state index in [-0.39, 0.29) is 17.2 Å². The van der Waals surface area contributed by atoms with Gasteiger partial charge in [-0.25, -0.2) is 4.79 Å². The molecule has 0 aliphatic carbocycles. The van der Waals surface area contributed by atoms with Crippen molar-refractivity contribution in [3.63, 3.8) is 0 Å². The van der Waals surface area contributed by atoms with E-state index in [2.05, 4.69) is 31.4 Å². The van der Waals surface area contributed by atoms with Gasteiger partial charge in [-0.1, -0.05) is 51.1 Å². The molecule has 0 aliphatic rings. The molecular formula is C25H40N4O3. The fourth-order valence-corrected chi connectivity index (χ4v) is 3.35. The number of carbonyl (C=O) groups is 2. The molecule has 0 saturated carbocycles. The van der Waals surface area contributed by atoms with Gasteiger partial charge in [-0.3, -0.25) is 4.79 Å². The third kappa shape index (κ3) is 9.64. The fraction of sp³-hybridized carbons (Fsp3) is 0.560. The first-order valence-corrected chi connectivity index (χ1v) is 11.0. The summed E-state index contributed by atoms with van der Waals surface area (Å²) in [5.74, 6) is -0.142. The maximum absolute atomic E-state index is 12.1. The summed E-state index contributed by atoms with van der Waals surface area (Å²) in [5, 5.41) is 14.7. The molecule has 0 aliphatic heterocycles. The Labute approximate surface area is 192 Å². The smallest absolute Gasteiger partial charge is 0.408 e. The highest BCUT2D eigenvalue weighted by Crippen LogP contribution is 2.26. The molecule has 1 aromatic carbocycles. The van der Waals surface area contributed by atoms with Crippen molar-refractivity contribution < 1.29 is 14.3 Å². The molecule has 5 N–H and O–H groups in total. The number of ether oxygens (including phenoxy) is 1. The van der Waals surface area contributed by atoms with Gasteiger partial charge in [0, 0.05) is 29.9 Å². The molecule has 1 rings (SSSR count). The predicted octanol–water partition coefficient (Wildman–Crippen LogP) is 3.97. The van der Waals surface area contributed by atoms with Crippen LogP contribution < -0.4 is 16.4 Å². The standard InChI is InChI=1S/C25H40N4O3/c1-17(30)21(29-23(31)32-25(5,6)7)13-14-28-22(24(2,3)4)19(16-26)20(27)15-18-11-9-8-10-12-18/h8-12,16,21-22,27-28H,13-15,26H2,1-7H3,(H,29,31)/b19-16+,27-20?/t21-,22-/m0/s1. The van der Waals surface area contributed by atoms with Gasteiger partial charge in [0.15, 0.2) is 5.78 Å². The van der Waals surface area contributed by atoms with Crippen molar-refractivity contribution in [2.75, 3.05) is 6.54 Å². The maximum atomic E-state index is 12.1. The SMILES string of the molecule is CC(=O)[C@H](CCN[C@@H](/C(=C/N)C(=N)Cc1ccccc1)C(C)(C)C)NC(=O)OC(C)(C)C. The summed E-state index contributed by atoms with van der Waals surface area (Å²) in [4.78, 5) is 24.1. The quantitative estimate of drug-likeness (QED) is 0.407. The number of rotatable bonds is 10. The Kier molecular flexibility index (Phi) is 10.1. The second-order valence-corrected chi connectivity index (χ2v) is 10.1. The predicted molar refractivity (Wildman–Crippen MR) is 130 cm³/mol. The van der Waals surface area contributed by atoms with Gasteiger partial charge in [0.2, 0.25) is 0 Å². The van der Waals surface area contributed by atoms with Crippen LogP contribution in [-0.4, -0.2) is 41.8 Å². The van der Waals surface area contributed by atoms with Gasteiger partial charge in [-0.05, 0) is 51.6 Å². The largest absolute Gasteiger partial charge is 0.444 e. The number of carbonyl (C=O) groups excluding carboxylic acids is 2. The van der Waals surface area contributed by atoms with E-state index in [4.69, 9.17) is 15.9 Å². The van der Waals surface area contributed by atoms with E-state index in [0.717, 1.165) is 11.1 Å². The molecule has 7 heteroatoms. The second kappa shape index (κ2) is 11.8. The number of alkyl carbamates (subject to hydrolysis) is 1. The number of benzene rings is 1. The van der Waals surface area contributed by atoms with Crippen LogP contribution in [0.5, 0.6) is 0 Å². The van der Waals surface area contributed by atoms with Crippen molar-refractivity contribution in [3.8, 4) is 0 Å². The van der Waals surface area contributed by atoms with E-state index in [0.29, 0.717) is 25.1 Å². The van der Waals surface area contributed by atoms with Crippen LogP contribution in [0.4, 0.5) is 4.79 Å². The van der Waals surface area contributed by atoms with Crippen molar-refractivity contribution in [1.29, 1.82) is 5.41 Å². The second-order valence-electron chi connectivity index (χ2n) is 10.1. The fourth-order valence-electron chi connectivity index (χ4n) is 3.35. The summed E-state index contributed by atoms with van der Waals surface area (Å²) < 4.78 is 5.27. The molecular weight excluding hydrogens is 404 g/mol. The molecule has 0 saturated heterocycles. The highest BCUT2D eigenvalue weighted by Gasteiger charge is 2.30. The van der Waals surface area contributed by atoms with Crippen molar-refractivity contribution in [3.05, 3.63) is 47.7 Å². The normalized spacial score (nSPS) is 14.4. The zero-order valence-electron chi connectivity index (χ0n) is 20.5. The van der Waals surface area contributed by atoms with Gasteiger partial charge in [-0.2, -0.15) is 0 Å². The third-order valence-corrected chi connectivity index (χ3v) is 4.89. The number of ketones is 1. The summed E-state index contributed by atoms with van der Waals surface area (Å²) in [6.45, 7) is 13.5. The molecule has 2 atom stereocenters. The number of nitrogens with two attached hydrogens (primary N) is 1. The van der Waals surface area contributed by atoms with Crippen LogP contribution in [0.3, 0.4) is 0 Å². The van der Waals surface area contributed by atoms with Crippen molar-refractivity contribution in [2.45, 2.75) is 79.0 Å². The summed E-state index contributed by atoms with van der Waals surface area (Å²) >= 11 is 0. The topological polar surface area (TPSA) is 117 Å². The minimum Gasteiger partial charge on any atom is -0.444 e. The Bertz CT molecular complexity index is 805. The average Bonchev–Trinajstić information content (AvgIpc) is 2.64. The summed E-state index contributed by atoms with van der Waals surface area (Å²) in [6, 6.07) is 8.97. The summed E-state index contributed by atoms with van der Waals surface area (Å²) in [5.41, 5.74) is 7.31. The van der Waals surface area contributed by atoms with Gasteiger partial charge in [0.05, 0.1) is 6.04 Å². The van der Waals surface area contributed by atoms with Crippen LogP contribution in [0.2, 0.25) is 0 Å². The lowest BCUT2D eigenvalue weighted by Gasteiger charge is -2.34. The summed E-state index contributed by atoms with van der Waals surface area (Å²) in [7, 11) is 0. The lowest BCUT2D eigenvalue weighted by atomic mass is 9.79. The molecule has 7 nitrogen and oxygen atoms in total. The summed E-state index contributed by atoms with van der Waals surface area (Å²) in [6.07, 6.45) is 1.76. The van der Waals surface area contributed by atoms with Crippen LogP contribution in [0.25, 0.3) is 0 Å². The number of hydrogen-bond acceptors (Lipinski definition) is 6. The van der Waals surface area contributed by atoms with Crippen molar-refractivity contribution >= 4 is 17.6 Å². The molecule has 0 spiro atoms. The highest BCUT2D eigenvalue weighted by molar-refractivity contribution is 6.00. The first-order chi connectivity index (χ1) is 14.7. The van der Waals surface area contributed by atoms with Crippen LogP contribution in [0.1, 0.15) is 60.5 Å². The van der Waals surface area contributed by atoms with E-state index in [1.165, 1.54) is 13.1 Å². The molecule has 0 radical (unpaired) electrons. The highest BCUT2D eigenvalue weighted by atomic mass is 16.6. The number of Topliss-reactive ketones (excluding diaryl/α,β-unsaturated/α-hetero) is 1. The minimum absolute atomic E-state index is 0.142. The Hall–Kier alpha value is -2.67. The van der Waals surface area contributed by atoms with E-state index in [1.54, 1.807) is 20.8 Å². The van der Waals surface area contributed by atoms with E-state index >= 15 is 0 Å². The van der Waals surface area contributed by atoms with Crippen LogP contribution in [0, 0.1) is 10.8 Å². The Morgan fingerprint density at radius 1 is 1.12 bits per heavy atom. The lowest BCUT2D eigenvalue weighted by molar-refractivity contribution is -0.119. The van der Waals surface area contributed by atoms with Crippen LogP contribution >= 0.6 is 0 Å². The van der Waals surface area contributed by atoms with E-state index < -0.39 is 17.7 Å². The van der Waals surface area contributed by atoms with Crippen LogP contribution in [-0.2, 0) is 16.0 Å². The van der Waals surface area contributed by atoms with E-state index in [9.17, 15) is 9.59 Å².